The lowest BCUT2D eigenvalue weighted by molar-refractivity contribution is 0.134. The largest absolute Gasteiger partial charge is 0.380 e. The summed E-state index contributed by atoms with van der Waals surface area (Å²) in [4.78, 5) is 0. The fourth-order valence-electron chi connectivity index (χ4n) is 0.502. The quantitative estimate of drug-likeness (QED) is 0.456. The first kappa shape index (κ1) is 10.5. The second kappa shape index (κ2) is 7.64. The van der Waals surface area contributed by atoms with Gasteiger partial charge in [-0.2, -0.15) is 0 Å². The van der Waals surface area contributed by atoms with Crippen LogP contribution in [0.1, 0.15) is 19.8 Å². The molecule has 0 heterocycles. The van der Waals surface area contributed by atoms with E-state index in [-0.39, 0.29) is 5.38 Å². The minimum absolute atomic E-state index is 0.0291. The molecule has 0 N–H and O–H groups in total. The molecular weight excluding hydrogens is 171 g/mol. The van der Waals surface area contributed by atoms with Gasteiger partial charge in [0, 0.05) is 12.5 Å². The highest BCUT2D eigenvalue weighted by molar-refractivity contribution is 6.28. The van der Waals surface area contributed by atoms with Gasteiger partial charge < -0.3 is 4.74 Å². The van der Waals surface area contributed by atoms with Crippen LogP contribution in [0.3, 0.4) is 0 Å². The van der Waals surface area contributed by atoms with Gasteiger partial charge in [0.25, 0.3) is 0 Å². The molecule has 3 heteroatoms. The van der Waals surface area contributed by atoms with E-state index in [1.807, 2.05) is 0 Å². The summed E-state index contributed by atoms with van der Waals surface area (Å²) in [6.07, 6.45) is 2.26. The zero-order chi connectivity index (χ0) is 7.82. The molecule has 0 fully saturated rings. The average molecular weight is 185 g/mol. The number of ether oxygens (including phenoxy) is 1. The van der Waals surface area contributed by atoms with Crippen molar-refractivity contribution >= 4 is 23.2 Å². The molecule has 0 rings (SSSR count). The lowest BCUT2D eigenvalue weighted by Gasteiger charge is -2.05. The van der Waals surface area contributed by atoms with Crippen LogP contribution in [0.5, 0.6) is 0 Å². The summed E-state index contributed by atoms with van der Waals surface area (Å²) in [7, 11) is 0. The molecule has 0 saturated heterocycles. The van der Waals surface area contributed by atoms with Gasteiger partial charge in [0.05, 0.1) is 12.0 Å². The summed E-state index contributed by atoms with van der Waals surface area (Å²) in [5, 5.41) is -0.0291. The van der Waals surface area contributed by atoms with Crippen LogP contribution in [-0.4, -0.2) is 24.5 Å². The molecule has 0 bridgehead atoms. The molecule has 0 aromatic rings. The summed E-state index contributed by atoms with van der Waals surface area (Å²) in [5.74, 6) is 0.466. The van der Waals surface area contributed by atoms with Gasteiger partial charge in [0.2, 0.25) is 0 Å². The summed E-state index contributed by atoms with van der Waals surface area (Å²) < 4.78 is 5.21. The van der Waals surface area contributed by atoms with E-state index in [1.54, 1.807) is 0 Å². The zero-order valence-electron chi connectivity index (χ0n) is 6.28. The highest BCUT2D eigenvalue weighted by atomic mass is 35.5. The lowest BCUT2D eigenvalue weighted by atomic mass is 10.4. The van der Waals surface area contributed by atoms with Crippen molar-refractivity contribution < 1.29 is 4.74 Å². The van der Waals surface area contributed by atoms with E-state index in [9.17, 15) is 0 Å². The molecule has 0 aliphatic rings. The Morgan fingerprint density at radius 3 is 2.70 bits per heavy atom. The van der Waals surface area contributed by atoms with Gasteiger partial charge in [0.1, 0.15) is 0 Å². The Hall–Kier alpha value is 0.540. The molecule has 1 atom stereocenters. The number of alkyl halides is 2. The van der Waals surface area contributed by atoms with Crippen molar-refractivity contribution in [2.24, 2.45) is 0 Å². The lowest BCUT2D eigenvalue weighted by Crippen LogP contribution is -2.10. The van der Waals surface area contributed by atoms with Gasteiger partial charge in [0.15, 0.2) is 0 Å². The van der Waals surface area contributed by atoms with Crippen molar-refractivity contribution in [1.82, 2.24) is 0 Å². The minimum atomic E-state index is -0.0291. The van der Waals surface area contributed by atoms with Gasteiger partial charge in [-0.05, 0) is 6.42 Å². The van der Waals surface area contributed by atoms with Crippen molar-refractivity contribution in [1.29, 1.82) is 0 Å². The maximum Gasteiger partial charge on any atom is 0.0704 e. The van der Waals surface area contributed by atoms with Crippen LogP contribution in [0.25, 0.3) is 0 Å². The normalized spacial score (nSPS) is 13.5. The number of rotatable bonds is 6. The summed E-state index contributed by atoms with van der Waals surface area (Å²) in [5.41, 5.74) is 0. The maximum absolute atomic E-state index is 5.69. The van der Waals surface area contributed by atoms with E-state index in [1.165, 1.54) is 0 Å². The molecule has 62 valence electrons. The SMILES string of the molecule is CCCCOCC(Cl)CCl. The maximum atomic E-state index is 5.69. The molecule has 0 spiro atoms. The van der Waals surface area contributed by atoms with E-state index >= 15 is 0 Å². The molecule has 0 radical (unpaired) electrons. The Balaban J connectivity index is 2.89. The molecule has 0 aliphatic carbocycles. The zero-order valence-corrected chi connectivity index (χ0v) is 7.79. The molecule has 0 saturated carbocycles. The van der Waals surface area contributed by atoms with Crippen molar-refractivity contribution in [3.63, 3.8) is 0 Å². The van der Waals surface area contributed by atoms with Crippen LogP contribution in [0.15, 0.2) is 0 Å². The molecule has 1 unspecified atom stereocenters. The third kappa shape index (κ3) is 6.66. The van der Waals surface area contributed by atoms with Crippen LogP contribution in [0, 0.1) is 0 Å². The third-order valence-corrected chi connectivity index (χ3v) is 1.92. The summed E-state index contributed by atoms with van der Waals surface area (Å²) in [6, 6.07) is 0. The van der Waals surface area contributed by atoms with Gasteiger partial charge in [-0.3, -0.25) is 0 Å². The average Bonchev–Trinajstić information content (AvgIpc) is 1.98. The Kier molecular flexibility index (Phi) is 8.06. The van der Waals surface area contributed by atoms with Gasteiger partial charge in [-0.25, -0.2) is 0 Å². The fraction of sp³-hybridized carbons (Fsp3) is 1.00. The number of unbranched alkanes of at least 4 members (excludes halogenated alkanes) is 1. The topological polar surface area (TPSA) is 9.23 Å². The first-order valence-electron chi connectivity index (χ1n) is 3.59. The molecule has 0 aliphatic heterocycles. The summed E-state index contributed by atoms with van der Waals surface area (Å²) >= 11 is 11.1. The van der Waals surface area contributed by atoms with E-state index in [0.717, 1.165) is 19.4 Å². The molecule has 10 heavy (non-hydrogen) atoms. The number of hydrogen-bond acceptors (Lipinski definition) is 1. The van der Waals surface area contributed by atoms with Crippen LogP contribution >= 0.6 is 23.2 Å². The Morgan fingerprint density at radius 2 is 2.20 bits per heavy atom. The smallest absolute Gasteiger partial charge is 0.0704 e. The predicted molar refractivity (Wildman–Crippen MR) is 46.1 cm³/mol. The molecule has 1 nitrogen and oxygen atoms in total. The molecular formula is C7H14Cl2O. The number of halogens is 2. The van der Waals surface area contributed by atoms with E-state index in [2.05, 4.69) is 6.92 Å². The van der Waals surface area contributed by atoms with E-state index in [0.29, 0.717) is 12.5 Å². The minimum Gasteiger partial charge on any atom is -0.380 e. The Morgan fingerprint density at radius 1 is 1.50 bits per heavy atom. The Labute approximate surface area is 72.6 Å². The monoisotopic (exact) mass is 184 g/mol. The predicted octanol–water partition coefficient (Wildman–Crippen LogP) is 2.65. The third-order valence-electron chi connectivity index (χ3n) is 1.11. The molecule has 0 aromatic heterocycles. The van der Waals surface area contributed by atoms with Crippen molar-refractivity contribution in [2.75, 3.05) is 19.1 Å². The van der Waals surface area contributed by atoms with Crippen LogP contribution in [0.2, 0.25) is 0 Å². The molecule has 0 amide bonds. The van der Waals surface area contributed by atoms with Gasteiger partial charge in [-0.1, -0.05) is 13.3 Å². The van der Waals surface area contributed by atoms with Gasteiger partial charge in [-0.15, -0.1) is 23.2 Å². The van der Waals surface area contributed by atoms with Crippen molar-refractivity contribution in [2.45, 2.75) is 25.1 Å². The Bertz CT molecular complexity index is 68.6. The van der Waals surface area contributed by atoms with Crippen LogP contribution in [-0.2, 0) is 4.74 Å². The highest BCUT2D eigenvalue weighted by Gasteiger charge is 2.00. The number of hydrogen-bond donors (Lipinski definition) is 0. The van der Waals surface area contributed by atoms with Crippen molar-refractivity contribution in [3.05, 3.63) is 0 Å². The highest BCUT2D eigenvalue weighted by Crippen LogP contribution is 1.99. The van der Waals surface area contributed by atoms with Crippen LogP contribution < -0.4 is 0 Å². The standard InChI is InChI=1S/C7H14Cl2O/c1-2-3-4-10-6-7(9)5-8/h7H,2-6H2,1H3. The first-order chi connectivity index (χ1) is 4.81. The van der Waals surface area contributed by atoms with Crippen LogP contribution in [0.4, 0.5) is 0 Å². The van der Waals surface area contributed by atoms with E-state index < -0.39 is 0 Å². The second-order valence-electron chi connectivity index (χ2n) is 2.18. The van der Waals surface area contributed by atoms with E-state index in [4.69, 9.17) is 27.9 Å². The van der Waals surface area contributed by atoms with Crippen molar-refractivity contribution in [3.8, 4) is 0 Å². The van der Waals surface area contributed by atoms with Gasteiger partial charge >= 0.3 is 0 Å². The fourth-order valence-corrected chi connectivity index (χ4v) is 0.680. The summed E-state index contributed by atoms with van der Waals surface area (Å²) in [6.45, 7) is 3.50. The second-order valence-corrected chi connectivity index (χ2v) is 3.11. The first-order valence-corrected chi connectivity index (χ1v) is 4.56. The molecule has 0 aromatic carbocycles.